The minimum atomic E-state index is -0.121. The smallest absolute Gasteiger partial charge is 0.151 e. The number of aromatic nitrogens is 1. The Morgan fingerprint density at radius 3 is 2.00 bits per heavy atom. The highest BCUT2D eigenvalue weighted by atomic mass is 35.5. The van der Waals surface area contributed by atoms with Gasteiger partial charge >= 0.3 is 0 Å². The fourth-order valence-electron chi connectivity index (χ4n) is 2.49. The lowest BCUT2D eigenvalue weighted by molar-refractivity contribution is 0.112. The fraction of sp³-hybridized carbons (Fsp3) is 0.600. The van der Waals surface area contributed by atoms with Crippen molar-refractivity contribution in [3.05, 3.63) is 22.3 Å². The normalized spacial score (nSPS) is 12.4. The molecule has 0 amide bonds. The number of nitrogens with zero attached hydrogens (tertiary/aromatic N) is 2. The van der Waals surface area contributed by atoms with Gasteiger partial charge in [0.15, 0.2) is 6.29 Å². The largest absolute Gasteiger partial charge is 0.346 e. The number of carbonyl (C=O) groups excluding carboxylic acids is 1. The second-order valence-electron chi connectivity index (χ2n) is 6.77. The average Bonchev–Trinajstić information content (AvgIpc) is 2.21. The van der Waals surface area contributed by atoms with Crippen LogP contribution in [-0.4, -0.2) is 22.3 Å². The lowest BCUT2D eigenvalue weighted by Gasteiger charge is -2.47. The van der Waals surface area contributed by atoms with E-state index < -0.39 is 0 Å². The van der Waals surface area contributed by atoms with E-state index in [0.29, 0.717) is 10.6 Å². The van der Waals surface area contributed by atoms with Crippen LogP contribution in [-0.2, 0) is 0 Å². The van der Waals surface area contributed by atoms with Crippen molar-refractivity contribution >= 4 is 23.7 Å². The zero-order chi connectivity index (χ0) is 15.0. The van der Waals surface area contributed by atoms with Crippen LogP contribution in [0, 0.1) is 6.92 Å². The molecule has 0 N–H and O–H groups in total. The molecule has 0 bridgehead atoms. The molecule has 1 aromatic heterocycles. The van der Waals surface area contributed by atoms with Crippen LogP contribution in [0.2, 0.25) is 5.02 Å². The van der Waals surface area contributed by atoms with Gasteiger partial charge < -0.3 is 4.90 Å². The Balaban J connectivity index is 3.50. The Kier molecular flexibility index (Phi) is 4.30. The number of rotatable bonds is 2. The van der Waals surface area contributed by atoms with E-state index >= 15 is 0 Å². The van der Waals surface area contributed by atoms with Crippen molar-refractivity contribution in [1.29, 1.82) is 0 Å². The number of pyridine rings is 1. The van der Waals surface area contributed by atoms with Gasteiger partial charge in [0.1, 0.15) is 5.82 Å². The Labute approximate surface area is 121 Å². The summed E-state index contributed by atoms with van der Waals surface area (Å²) < 4.78 is 0. The predicted octanol–water partition coefficient (Wildman–Crippen LogP) is 4.26. The Bertz CT molecular complexity index is 470. The van der Waals surface area contributed by atoms with Gasteiger partial charge in [-0.1, -0.05) is 11.6 Å². The van der Waals surface area contributed by atoms with Gasteiger partial charge in [-0.2, -0.15) is 0 Å². The number of halogens is 1. The van der Waals surface area contributed by atoms with E-state index in [4.69, 9.17) is 11.6 Å². The molecule has 4 heteroatoms. The van der Waals surface area contributed by atoms with Crippen LogP contribution in [0.1, 0.15) is 57.5 Å². The molecule has 3 nitrogen and oxygen atoms in total. The van der Waals surface area contributed by atoms with Crippen LogP contribution < -0.4 is 4.90 Å². The minimum absolute atomic E-state index is 0.121. The number of hydrogen-bond donors (Lipinski definition) is 0. The number of hydrogen-bond acceptors (Lipinski definition) is 3. The van der Waals surface area contributed by atoms with E-state index in [1.807, 2.05) is 6.92 Å². The van der Waals surface area contributed by atoms with Gasteiger partial charge in [-0.25, -0.2) is 4.98 Å². The summed E-state index contributed by atoms with van der Waals surface area (Å²) in [5, 5.41) is 0.550. The monoisotopic (exact) mass is 282 g/mol. The zero-order valence-corrected chi connectivity index (χ0v) is 13.6. The van der Waals surface area contributed by atoms with E-state index in [1.54, 1.807) is 6.20 Å². The fourth-order valence-corrected chi connectivity index (χ4v) is 2.74. The molecule has 1 rings (SSSR count). The minimum Gasteiger partial charge on any atom is -0.346 e. The van der Waals surface area contributed by atoms with Gasteiger partial charge in [0.05, 0.1) is 5.02 Å². The number of carbonyl (C=O) groups is 1. The van der Waals surface area contributed by atoms with Crippen LogP contribution >= 0.6 is 11.6 Å². The molecule has 0 unspecified atom stereocenters. The first-order valence-electron chi connectivity index (χ1n) is 6.40. The SMILES string of the molecule is Cc1c(C=O)cnc(N(C(C)(C)C)C(C)(C)C)c1Cl. The van der Waals surface area contributed by atoms with E-state index in [1.165, 1.54) is 0 Å². The molecule has 0 saturated carbocycles. The molecule has 0 fully saturated rings. The van der Waals surface area contributed by atoms with Gasteiger partial charge in [0.2, 0.25) is 0 Å². The Hall–Kier alpha value is -1.09. The van der Waals surface area contributed by atoms with Crippen molar-refractivity contribution in [2.24, 2.45) is 0 Å². The standard InChI is InChI=1S/C15H23ClN2O/c1-10-11(9-19)8-17-13(12(10)16)18(14(2,3)4)15(5,6)7/h8-9H,1-7H3. The third-order valence-electron chi connectivity index (χ3n) is 2.96. The molecule has 1 heterocycles. The molecule has 0 aliphatic carbocycles. The highest BCUT2D eigenvalue weighted by molar-refractivity contribution is 6.34. The number of aldehydes is 1. The summed E-state index contributed by atoms with van der Waals surface area (Å²) in [5.74, 6) is 0.727. The van der Waals surface area contributed by atoms with Crippen molar-refractivity contribution in [1.82, 2.24) is 4.98 Å². The lowest BCUT2D eigenvalue weighted by Crippen LogP contribution is -2.53. The average molecular weight is 283 g/mol. The summed E-state index contributed by atoms with van der Waals surface area (Å²) in [6.07, 6.45) is 2.38. The molecular formula is C15H23ClN2O. The second kappa shape index (κ2) is 5.12. The molecule has 106 valence electrons. The van der Waals surface area contributed by atoms with Crippen molar-refractivity contribution in [3.63, 3.8) is 0 Å². The van der Waals surface area contributed by atoms with E-state index in [2.05, 4.69) is 51.4 Å². The van der Waals surface area contributed by atoms with Crippen molar-refractivity contribution in [3.8, 4) is 0 Å². The summed E-state index contributed by atoms with van der Waals surface area (Å²) in [4.78, 5) is 17.5. The van der Waals surface area contributed by atoms with Gasteiger partial charge in [-0.15, -0.1) is 0 Å². The topological polar surface area (TPSA) is 33.2 Å². The van der Waals surface area contributed by atoms with Crippen molar-refractivity contribution < 1.29 is 4.79 Å². The van der Waals surface area contributed by atoms with E-state index in [-0.39, 0.29) is 11.1 Å². The van der Waals surface area contributed by atoms with Crippen molar-refractivity contribution in [2.45, 2.75) is 59.5 Å². The van der Waals surface area contributed by atoms with Gasteiger partial charge in [-0.05, 0) is 54.0 Å². The Morgan fingerprint density at radius 2 is 1.63 bits per heavy atom. The maximum absolute atomic E-state index is 10.9. The third kappa shape index (κ3) is 3.27. The third-order valence-corrected chi connectivity index (χ3v) is 3.42. The molecule has 0 atom stereocenters. The maximum Gasteiger partial charge on any atom is 0.151 e. The summed E-state index contributed by atoms with van der Waals surface area (Å²) in [6, 6.07) is 0. The molecule has 0 spiro atoms. The molecule has 0 aliphatic heterocycles. The molecular weight excluding hydrogens is 260 g/mol. The van der Waals surface area contributed by atoms with Crippen LogP contribution in [0.3, 0.4) is 0 Å². The lowest BCUT2D eigenvalue weighted by atomic mass is 9.95. The molecule has 19 heavy (non-hydrogen) atoms. The molecule has 0 aromatic carbocycles. The summed E-state index contributed by atoms with van der Waals surface area (Å²) >= 11 is 6.42. The summed E-state index contributed by atoms with van der Waals surface area (Å²) in [6.45, 7) is 14.6. The molecule has 1 aromatic rings. The second-order valence-corrected chi connectivity index (χ2v) is 7.15. The highest BCUT2D eigenvalue weighted by Crippen LogP contribution is 2.37. The first-order chi connectivity index (χ1) is 8.50. The highest BCUT2D eigenvalue weighted by Gasteiger charge is 2.34. The summed E-state index contributed by atoms with van der Waals surface area (Å²) in [5.41, 5.74) is 1.07. The van der Waals surface area contributed by atoms with Gasteiger partial charge in [0.25, 0.3) is 0 Å². The first kappa shape index (κ1) is 16.0. The molecule has 0 radical (unpaired) electrons. The van der Waals surface area contributed by atoms with Crippen LogP contribution in [0.25, 0.3) is 0 Å². The first-order valence-corrected chi connectivity index (χ1v) is 6.78. The summed E-state index contributed by atoms with van der Waals surface area (Å²) in [7, 11) is 0. The molecule has 0 saturated heterocycles. The quantitative estimate of drug-likeness (QED) is 0.760. The van der Waals surface area contributed by atoms with Crippen LogP contribution in [0.5, 0.6) is 0 Å². The van der Waals surface area contributed by atoms with Crippen molar-refractivity contribution in [2.75, 3.05) is 4.90 Å². The Morgan fingerprint density at radius 1 is 1.16 bits per heavy atom. The predicted molar refractivity (Wildman–Crippen MR) is 81.4 cm³/mol. The van der Waals surface area contributed by atoms with Gasteiger partial charge in [0, 0.05) is 22.8 Å². The van der Waals surface area contributed by atoms with E-state index in [0.717, 1.165) is 17.7 Å². The number of anilines is 1. The maximum atomic E-state index is 10.9. The van der Waals surface area contributed by atoms with Crippen LogP contribution in [0.15, 0.2) is 6.20 Å². The zero-order valence-electron chi connectivity index (χ0n) is 12.8. The van der Waals surface area contributed by atoms with Gasteiger partial charge in [-0.3, -0.25) is 4.79 Å². The van der Waals surface area contributed by atoms with E-state index in [9.17, 15) is 4.79 Å². The molecule has 0 aliphatic rings. The van der Waals surface area contributed by atoms with Crippen LogP contribution in [0.4, 0.5) is 5.82 Å².